The van der Waals surface area contributed by atoms with Crippen LogP contribution < -0.4 is 21.3 Å². The van der Waals surface area contributed by atoms with Gasteiger partial charge < -0.3 is 31.1 Å². The Morgan fingerprint density at radius 2 is 1.63 bits per heavy atom. The summed E-state index contributed by atoms with van der Waals surface area (Å²) >= 11 is 0. The molecular weight excluding hydrogens is 660 g/mol. The lowest BCUT2D eigenvalue weighted by atomic mass is 9.86. The van der Waals surface area contributed by atoms with E-state index in [9.17, 15) is 28.8 Å². The van der Waals surface area contributed by atoms with Crippen LogP contribution in [-0.2, 0) is 36.8 Å². The summed E-state index contributed by atoms with van der Waals surface area (Å²) in [7, 11) is 0. The summed E-state index contributed by atoms with van der Waals surface area (Å²) in [5.41, 5.74) is 1.71. The number of likely N-dealkylation sites (tertiary alicyclic amines) is 2. The molecule has 0 radical (unpaired) electrons. The number of urea groups is 1. The SMILES string of the molecule is CCCCC(NC(=O)[C@@H]1[C@@H]2[C@H](CN1C(=O)[C@@H](NC(=O)N[C@H](CN1CCCCC1=O)C(C)(C)C)C1Cc3ccccc3C1)C2(C)C)C(=O)C(=O)NCC. The molecule has 12 nitrogen and oxygen atoms in total. The second-order valence-electron chi connectivity index (χ2n) is 17.1. The number of carbonyl (C=O) groups is 6. The van der Waals surface area contributed by atoms with Crippen LogP contribution in [0.2, 0.25) is 0 Å². The molecule has 2 aliphatic heterocycles. The molecule has 4 N–H and O–H groups in total. The van der Waals surface area contributed by atoms with Crippen molar-refractivity contribution < 1.29 is 28.8 Å². The number of carbonyl (C=O) groups excluding carboxylic acids is 6. The highest BCUT2D eigenvalue weighted by Crippen LogP contribution is 2.65. The quantitative estimate of drug-likeness (QED) is 0.216. The highest BCUT2D eigenvalue weighted by Gasteiger charge is 2.69. The summed E-state index contributed by atoms with van der Waals surface area (Å²) in [6.45, 7) is 15.6. The van der Waals surface area contributed by atoms with Gasteiger partial charge in [-0.05, 0) is 78.7 Å². The zero-order valence-electron chi connectivity index (χ0n) is 32.2. The van der Waals surface area contributed by atoms with Crippen LogP contribution in [0.4, 0.5) is 4.79 Å². The molecule has 0 spiro atoms. The number of nitrogens with one attached hydrogen (secondary N) is 4. The van der Waals surface area contributed by atoms with Crippen molar-refractivity contribution in [2.75, 3.05) is 26.2 Å². The van der Waals surface area contributed by atoms with Gasteiger partial charge in [0, 0.05) is 32.6 Å². The molecule has 12 heteroatoms. The molecule has 1 unspecified atom stereocenters. The number of amides is 6. The fraction of sp³-hybridized carbons (Fsp3) is 0.700. The van der Waals surface area contributed by atoms with E-state index in [-0.39, 0.29) is 46.4 Å². The van der Waals surface area contributed by atoms with Crippen LogP contribution in [0.25, 0.3) is 0 Å². The van der Waals surface area contributed by atoms with Gasteiger partial charge in [-0.25, -0.2) is 4.79 Å². The lowest BCUT2D eigenvalue weighted by Crippen LogP contribution is -2.62. The molecule has 2 heterocycles. The first kappa shape index (κ1) is 39.3. The Morgan fingerprint density at radius 3 is 2.23 bits per heavy atom. The van der Waals surface area contributed by atoms with Crippen molar-refractivity contribution in [3.63, 3.8) is 0 Å². The monoisotopic (exact) mass is 720 g/mol. The number of unbranched alkanes of at least 4 members (excludes halogenated alkanes) is 1. The summed E-state index contributed by atoms with van der Waals surface area (Å²) in [6, 6.07) is 4.42. The molecular formula is C40H60N6O6. The Labute approximate surface area is 309 Å². The Bertz CT molecular complexity index is 1510. The predicted molar refractivity (Wildman–Crippen MR) is 198 cm³/mol. The zero-order chi connectivity index (χ0) is 38.0. The molecule has 3 fully saturated rings. The molecule has 0 bridgehead atoms. The van der Waals surface area contributed by atoms with Gasteiger partial charge in [0.1, 0.15) is 12.1 Å². The van der Waals surface area contributed by atoms with E-state index in [2.05, 4.69) is 35.1 Å². The second-order valence-corrected chi connectivity index (χ2v) is 17.1. The molecule has 5 rings (SSSR count). The average Bonchev–Trinajstić information content (AvgIpc) is 3.45. The molecule has 4 aliphatic rings. The van der Waals surface area contributed by atoms with E-state index >= 15 is 0 Å². The van der Waals surface area contributed by atoms with E-state index in [1.54, 1.807) is 11.8 Å². The highest BCUT2D eigenvalue weighted by atomic mass is 16.2. The third-order valence-electron chi connectivity index (χ3n) is 12.1. The van der Waals surface area contributed by atoms with Crippen LogP contribution in [0.3, 0.4) is 0 Å². The van der Waals surface area contributed by atoms with Gasteiger partial charge in [0.05, 0.1) is 12.1 Å². The van der Waals surface area contributed by atoms with E-state index < -0.39 is 41.8 Å². The number of likely N-dealkylation sites (N-methyl/N-ethyl adjacent to an activating group) is 1. The van der Waals surface area contributed by atoms with Crippen LogP contribution in [0.1, 0.15) is 98.1 Å². The third-order valence-corrected chi connectivity index (χ3v) is 12.1. The van der Waals surface area contributed by atoms with Crippen molar-refractivity contribution in [3.05, 3.63) is 35.4 Å². The van der Waals surface area contributed by atoms with E-state index in [0.717, 1.165) is 30.4 Å². The Morgan fingerprint density at radius 1 is 0.962 bits per heavy atom. The number of Topliss-reactive ketones (excluding diaryl/α,β-unsaturated/α-hetero) is 1. The highest BCUT2D eigenvalue weighted by molar-refractivity contribution is 6.38. The van der Waals surface area contributed by atoms with Gasteiger partial charge in [-0.15, -0.1) is 0 Å². The van der Waals surface area contributed by atoms with Gasteiger partial charge in [-0.2, -0.15) is 0 Å². The number of hydrogen-bond acceptors (Lipinski definition) is 6. The Kier molecular flexibility index (Phi) is 12.0. The van der Waals surface area contributed by atoms with Gasteiger partial charge in [-0.1, -0.05) is 78.6 Å². The molecule has 6 atom stereocenters. The normalized spacial score (nSPS) is 23.9. The summed E-state index contributed by atoms with van der Waals surface area (Å²) in [6.07, 6.45) is 5.24. The molecule has 52 heavy (non-hydrogen) atoms. The smallest absolute Gasteiger partial charge is 0.315 e. The first-order valence-corrected chi connectivity index (χ1v) is 19.4. The van der Waals surface area contributed by atoms with Gasteiger partial charge in [0.15, 0.2) is 0 Å². The lowest BCUT2D eigenvalue weighted by Gasteiger charge is -2.38. The number of hydrogen-bond donors (Lipinski definition) is 4. The van der Waals surface area contributed by atoms with Crippen molar-refractivity contribution in [3.8, 4) is 0 Å². The van der Waals surface area contributed by atoms with Crippen LogP contribution >= 0.6 is 0 Å². The minimum Gasteiger partial charge on any atom is -0.350 e. The van der Waals surface area contributed by atoms with E-state index in [4.69, 9.17) is 0 Å². The van der Waals surface area contributed by atoms with Crippen LogP contribution in [-0.4, -0.2) is 95.6 Å². The number of nitrogens with zero attached hydrogens (tertiary/aromatic N) is 2. The van der Waals surface area contributed by atoms with Crippen molar-refractivity contribution in [1.82, 2.24) is 31.1 Å². The summed E-state index contributed by atoms with van der Waals surface area (Å²) in [4.78, 5) is 84.9. The van der Waals surface area contributed by atoms with Crippen molar-refractivity contribution in [2.24, 2.45) is 28.6 Å². The maximum Gasteiger partial charge on any atom is 0.315 e. The van der Waals surface area contributed by atoms with Crippen molar-refractivity contribution in [1.29, 1.82) is 0 Å². The van der Waals surface area contributed by atoms with Crippen LogP contribution in [0.15, 0.2) is 24.3 Å². The summed E-state index contributed by atoms with van der Waals surface area (Å²) in [5.74, 6) is -2.38. The second kappa shape index (κ2) is 16.0. The number of fused-ring (bicyclic) bond motifs is 2. The fourth-order valence-corrected chi connectivity index (χ4v) is 8.69. The molecule has 1 saturated carbocycles. The topological polar surface area (TPSA) is 157 Å². The molecule has 1 aromatic carbocycles. The minimum absolute atomic E-state index is 0.0861. The first-order valence-electron chi connectivity index (χ1n) is 19.4. The zero-order valence-corrected chi connectivity index (χ0v) is 32.2. The third kappa shape index (κ3) is 8.46. The average molecular weight is 721 g/mol. The van der Waals surface area contributed by atoms with E-state index in [1.165, 1.54) is 0 Å². The van der Waals surface area contributed by atoms with Gasteiger partial charge in [0.2, 0.25) is 23.5 Å². The first-order chi connectivity index (χ1) is 24.6. The number of rotatable bonds is 14. The largest absolute Gasteiger partial charge is 0.350 e. The van der Waals surface area contributed by atoms with Crippen LogP contribution in [0.5, 0.6) is 0 Å². The van der Waals surface area contributed by atoms with Crippen molar-refractivity contribution in [2.45, 2.75) is 124 Å². The van der Waals surface area contributed by atoms with E-state index in [1.807, 2.05) is 56.9 Å². The fourth-order valence-electron chi connectivity index (χ4n) is 8.69. The summed E-state index contributed by atoms with van der Waals surface area (Å²) < 4.78 is 0. The molecule has 2 saturated heterocycles. The predicted octanol–water partition coefficient (Wildman–Crippen LogP) is 3.36. The number of ketones is 1. The molecule has 6 amide bonds. The maximum absolute atomic E-state index is 14.9. The van der Waals surface area contributed by atoms with Gasteiger partial charge >= 0.3 is 6.03 Å². The maximum atomic E-state index is 14.9. The number of piperidine rings is 2. The number of benzene rings is 1. The van der Waals surface area contributed by atoms with E-state index in [0.29, 0.717) is 58.3 Å². The van der Waals surface area contributed by atoms with Gasteiger partial charge in [0.25, 0.3) is 5.91 Å². The van der Waals surface area contributed by atoms with Gasteiger partial charge in [-0.3, -0.25) is 24.0 Å². The molecule has 1 aromatic rings. The Balaban J connectivity index is 1.39. The van der Waals surface area contributed by atoms with Crippen molar-refractivity contribution >= 4 is 35.4 Å². The molecule has 0 aromatic heterocycles. The summed E-state index contributed by atoms with van der Waals surface area (Å²) in [5, 5.41) is 11.6. The standard InChI is InChI=1S/C40H60N6O6/c1-8-10-17-28(34(48)36(50)41-9-2)42-35(49)33-31-27(40(31,6)7)22-46(33)37(51)32(26-20-24-15-11-12-16-25(24)21-26)44-38(52)43-29(39(3,4)5)23-45-19-14-13-18-30(45)47/h11-12,15-16,26-29,31-33H,8-10,13-14,17-23H2,1-7H3,(H,41,50)(H,42,49)(H2,43,44,52)/t27-,28?,29+,31-,32-,33-/m0/s1. The Hall–Kier alpha value is -3.96. The molecule has 2 aliphatic carbocycles. The minimum atomic E-state index is -0.998. The lowest BCUT2D eigenvalue weighted by molar-refractivity contribution is -0.144. The molecule has 286 valence electrons. The van der Waals surface area contributed by atoms with Crippen LogP contribution in [0, 0.1) is 28.6 Å².